The number of amides is 1. The minimum atomic E-state index is -0.301. The van der Waals surface area contributed by atoms with Crippen molar-refractivity contribution < 1.29 is 9.32 Å². The lowest BCUT2D eigenvalue weighted by Crippen LogP contribution is -2.32. The van der Waals surface area contributed by atoms with Crippen LogP contribution < -0.4 is 5.32 Å². The first-order valence-corrected chi connectivity index (χ1v) is 10.3. The summed E-state index contributed by atoms with van der Waals surface area (Å²) in [6.07, 6.45) is 2.01. The number of rotatable bonds is 8. The zero-order chi connectivity index (χ0) is 19.9. The number of carbonyl (C=O) groups is 1. The molecule has 5 nitrogen and oxygen atoms in total. The summed E-state index contributed by atoms with van der Waals surface area (Å²) in [5.74, 6) is 1.13. The lowest BCUT2D eigenvalue weighted by Gasteiger charge is -2.20. The topological polar surface area (TPSA) is 68.0 Å². The van der Waals surface area contributed by atoms with Gasteiger partial charge in [0.25, 0.3) is 0 Å². The van der Waals surface area contributed by atoms with Crippen molar-refractivity contribution in [3.63, 3.8) is 0 Å². The van der Waals surface area contributed by atoms with Gasteiger partial charge in [0.2, 0.25) is 17.6 Å². The van der Waals surface area contributed by atoms with Crippen molar-refractivity contribution in [1.82, 2.24) is 15.5 Å². The third-order valence-corrected chi connectivity index (χ3v) is 5.35. The Hall–Kier alpha value is -2.47. The van der Waals surface area contributed by atoms with Crippen LogP contribution in [0.5, 0.6) is 0 Å². The first-order valence-electron chi connectivity index (χ1n) is 9.49. The Balaban J connectivity index is 1.70. The van der Waals surface area contributed by atoms with Gasteiger partial charge in [0.05, 0.1) is 0 Å². The Kier molecular flexibility index (Phi) is 6.98. The summed E-state index contributed by atoms with van der Waals surface area (Å²) < 4.78 is 6.50. The molecule has 3 rings (SSSR count). The van der Waals surface area contributed by atoms with Gasteiger partial charge in [-0.1, -0.05) is 71.7 Å². The summed E-state index contributed by atoms with van der Waals surface area (Å²) in [5.41, 5.74) is 2.02. The van der Waals surface area contributed by atoms with Gasteiger partial charge in [-0.25, -0.2) is 0 Å². The van der Waals surface area contributed by atoms with Gasteiger partial charge >= 0.3 is 0 Å². The molecule has 28 heavy (non-hydrogen) atoms. The first-order chi connectivity index (χ1) is 13.6. The third-order valence-electron chi connectivity index (χ3n) is 4.82. The van der Waals surface area contributed by atoms with Crippen LogP contribution in [0.2, 0.25) is 0 Å². The second kappa shape index (κ2) is 9.64. The molecular formula is C22H24BrN3O2. The quantitative estimate of drug-likeness (QED) is 0.512. The van der Waals surface area contributed by atoms with Gasteiger partial charge in [-0.3, -0.25) is 4.79 Å². The molecule has 0 saturated carbocycles. The highest BCUT2D eigenvalue weighted by atomic mass is 79.9. The highest BCUT2D eigenvalue weighted by Crippen LogP contribution is 2.26. The van der Waals surface area contributed by atoms with Crippen molar-refractivity contribution in [2.24, 2.45) is 5.92 Å². The number of halogens is 1. The van der Waals surface area contributed by atoms with Gasteiger partial charge in [0.1, 0.15) is 6.04 Å². The van der Waals surface area contributed by atoms with E-state index in [1.807, 2.05) is 54.6 Å². The average Bonchev–Trinajstić information content (AvgIpc) is 3.21. The molecule has 1 amide bonds. The molecule has 6 heteroatoms. The van der Waals surface area contributed by atoms with Crippen LogP contribution in [0.15, 0.2) is 63.6 Å². The van der Waals surface area contributed by atoms with Crippen molar-refractivity contribution >= 4 is 21.8 Å². The molecule has 0 aliphatic heterocycles. The van der Waals surface area contributed by atoms with Crippen molar-refractivity contribution in [1.29, 1.82) is 0 Å². The lowest BCUT2D eigenvalue weighted by molar-refractivity contribution is -0.122. The van der Waals surface area contributed by atoms with Crippen molar-refractivity contribution in [3.8, 4) is 11.4 Å². The number of nitrogens with one attached hydrogen (secondary N) is 1. The van der Waals surface area contributed by atoms with E-state index in [1.54, 1.807) is 0 Å². The fourth-order valence-corrected chi connectivity index (χ4v) is 3.17. The molecule has 0 aliphatic carbocycles. The molecule has 1 aromatic heterocycles. The molecule has 0 saturated heterocycles. The van der Waals surface area contributed by atoms with Crippen LogP contribution in [0.25, 0.3) is 11.4 Å². The van der Waals surface area contributed by atoms with E-state index in [4.69, 9.17) is 4.52 Å². The Morgan fingerprint density at radius 2 is 1.86 bits per heavy atom. The fraction of sp³-hybridized carbons (Fsp3) is 0.318. The van der Waals surface area contributed by atoms with Crippen LogP contribution in [0.4, 0.5) is 0 Å². The van der Waals surface area contributed by atoms with E-state index < -0.39 is 0 Å². The maximum Gasteiger partial charge on any atom is 0.249 e. The van der Waals surface area contributed by atoms with E-state index in [-0.39, 0.29) is 17.9 Å². The fourth-order valence-electron chi connectivity index (χ4n) is 2.91. The van der Waals surface area contributed by atoms with Gasteiger partial charge in [-0.15, -0.1) is 0 Å². The second-order valence-electron chi connectivity index (χ2n) is 6.88. The zero-order valence-corrected chi connectivity index (χ0v) is 17.6. The summed E-state index contributed by atoms with van der Waals surface area (Å²) >= 11 is 3.42. The Labute approximate surface area is 173 Å². The van der Waals surface area contributed by atoms with Gasteiger partial charge < -0.3 is 9.84 Å². The second-order valence-corrected chi connectivity index (χ2v) is 7.80. The molecular weight excluding hydrogens is 418 g/mol. The number of hydrogen-bond donors (Lipinski definition) is 1. The molecule has 2 aromatic carbocycles. The normalized spacial score (nSPS) is 13.1. The zero-order valence-electron chi connectivity index (χ0n) is 16.1. The maximum atomic E-state index is 12.5. The molecule has 1 heterocycles. The smallest absolute Gasteiger partial charge is 0.249 e. The summed E-state index contributed by atoms with van der Waals surface area (Å²) in [6, 6.07) is 17.4. The van der Waals surface area contributed by atoms with E-state index in [2.05, 4.69) is 45.2 Å². The Morgan fingerprint density at radius 3 is 2.54 bits per heavy atom. The van der Waals surface area contributed by atoms with Crippen LogP contribution in [0, 0.1) is 5.92 Å². The minimum Gasteiger partial charge on any atom is -0.344 e. The van der Waals surface area contributed by atoms with Crippen LogP contribution >= 0.6 is 15.9 Å². The molecule has 0 fully saturated rings. The Bertz CT molecular complexity index is 894. The highest BCUT2D eigenvalue weighted by molar-refractivity contribution is 9.10. The number of hydrogen-bond acceptors (Lipinski definition) is 4. The molecule has 0 spiro atoms. The van der Waals surface area contributed by atoms with Gasteiger partial charge in [-0.05, 0) is 42.2 Å². The summed E-state index contributed by atoms with van der Waals surface area (Å²) in [6.45, 7) is 4.16. The van der Waals surface area contributed by atoms with Crippen LogP contribution in [0.3, 0.4) is 0 Å². The monoisotopic (exact) mass is 441 g/mol. The molecule has 2 atom stereocenters. The number of nitrogens with zero attached hydrogens (tertiary/aromatic N) is 2. The maximum absolute atomic E-state index is 12.5. The van der Waals surface area contributed by atoms with Gasteiger partial charge in [0.15, 0.2) is 0 Å². The van der Waals surface area contributed by atoms with Crippen LogP contribution in [-0.4, -0.2) is 16.0 Å². The van der Waals surface area contributed by atoms with Crippen molar-refractivity contribution in [3.05, 3.63) is 70.5 Å². The average molecular weight is 442 g/mol. The molecule has 0 radical (unpaired) electrons. The van der Waals surface area contributed by atoms with E-state index in [0.717, 1.165) is 22.0 Å². The summed E-state index contributed by atoms with van der Waals surface area (Å²) in [5, 5.41) is 7.19. The number of aromatic nitrogens is 2. The number of carbonyl (C=O) groups excluding carboxylic acids is 1. The SMILES string of the molecule is CC[C@H](C)[C@@H](NC(=O)CCc1ccccc1)c1nc(-c2ccc(Br)cc2)no1. The highest BCUT2D eigenvalue weighted by Gasteiger charge is 2.26. The molecule has 3 aromatic rings. The molecule has 0 aliphatic rings. The lowest BCUT2D eigenvalue weighted by atomic mass is 9.98. The van der Waals surface area contributed by atoms with E-state index >= 15 is 0 Å². The summed E-state index contributed by atoms with van der Waals surface area (Å²) in [7, 11) is 0. The van der Waals surface area contributed by atoms with E-state index in [1.165, 1.54) is 0 Å². The number of benzene rings is 2. The predicted octanol–water partition coefficient (Wildman–Crippen LogP) is 5.34. The van der Waals surface area contributed by atoms with Crippen LogP contribution in [0.1, 0.15) is 44.2 Å². The third kappa shape index (κ3) is 5.29. The minimum absolute atomic E-state index is 0.0162. The standard InChI is InChI=1S/C22H24BrN3O2/c1-3-15(2)20(24-19(27)14-9-16-7-5-4-6-8-16)22-25-21(26-28-22)17-10-12-18(23)13-11-17/h4-8,10-13,15,20H,3,9,14H2,1-2H3,(H,24,27)/t15-,20+/m0/s1. The summed E-state index contributed by atoms with van der Waals surface area (Å²) in [4.78, 5) is 17.1. The van der Waals surface area contributed by atoms with Crippen LogP contribution in [-0.2, 0) is 11.2 Å². The molecule has 146 valence electrons. The first kappa shape index (κ1) is 20.3. The van der Waals surface area contributed by atoms with E-state index in [9.17, 15) is 4.79 Å². The van der Waals surface area contributed by atoms with Gasteiger partial charge in [0, 0.05) is 16.5 Å². The number of aryl methyl sites for hydroxylation is 1. The van der Waals surface area contributed by atoms with Crippen molar-refractivity contribution in [2.45, 2.75) is 39.2 Å². The van der Waals surface area contributed by atoms with Crippen molar-refractivity contribution in [2.75, 3.05) is 0 Å². The van der Waals surface area contributed by atoms with Gasteiger partial charge in [-0.2, -0.15) is 4.98 Å². The predicted molar refractivity (Wildman–Crippen MR) is 113 cm³/mol. The van der Waals surface area contributed by atoms with E-state index in [0.29, 0.717) is 24.6 Å². The largest absolute Gasteiger partial charge is 0.344 e. The Morgan fingerprint density at radius 1 is 1.14 bits per heavy atom. The molecule has 0 unspecified atom stereocenters. The molecule has 0 bridgehead atoms. The molecule has 1 N–H and O–H groups in total.